The van der Waals surface area contributed by atoms with Crippen molar-refractivity contribution in [3.63, 3.8) is 0 Å². The third kappa shape index (κ3) is 6.44. The number of aromatic nitrogens is 3. The Bertz CT molecular complexity index is 1720. The number of hydrogen-bond acceptors (Lipinski definition) is 8. The Labute approximate surface area is 252 Å². The molecule has 0 saturated heterocycles. The Kier molecular flexibility index (Phi) is 8.60. The molecule has 4 aromatic rings. The molecule has 2 aliphatic heterocycles. The van der Waals surface area contributed by atoms with Gasteiger partial charge in [-0.3, -0.25) is 14.0 Å². The van der Waals surface area contributed by atoms with Crippen LogP contribution in [0.2, 0.25) is 0 Å². The zero-order valence-electron chi connectivity index (χ0n) is 23.2. The van der Waals surface area contributed by atoms with E-state index >= 15 is 0 Å². The second-order valence-corrected chi connectivity index (χ2v) is 11.9. The number of halogens is 4. The maximum atomic E-state index is 14.6. The van der Waals surface area contributed by atoms with E-state index in [9.17, 15) is 26.6 Å². The quantitative estimate of drug-likeness (QED) is 0.290. The predicted molar refractivity (Wildman–Crippen MR) is 154 cm³/mol. The molecular weight excluding hydrogens is 602 g/mol. The fourth-order valence-electron chi connectivity index (χ4n) is 4.68. The molecular formula is C30H27F4N5O4S. The molecule has 1 saturated carbocycles. The van der Waals surface area contributed by atoms with Crippen LogP contribution in [0.3, 0.4) is 0 Å². The van der Waals surface area contributed by atoms with E-state index in [2.05, 4.69) is 15.3 Å². The number of amides is 1. The number of carbonyl (C=O) groups excluding carboxylic acids is 1. The van der Waals surface area contributed by atoms with E-state index in [0.717, 1.165) is 24.3 Å². The van der Waals surface area contributed by atoms with Crippen LogP contribution in [0.4, 0.5) is 29.2 Å². The number of rotatable bonds is 5. The summed E-state index contributed by atoms with van der Waals surface area (Å²) >= 11 is 0. The highest BCUT2D eigenvalue weighted by atomic mass is 32.2. The number of alkyl halides is 3. The average Bonchev–Trinajstić information content (AvgIpc) is 3.90. The molecule has 3 aromatic heterocycles. The molecule has 1 aliphatic carbocycles. The molecule has 1 amide bonds. The molecule has 1 aromatic carbocycles. The lowest BCUT2D eigenvalue weighted by molar-refractivity contribution is 0.0949. The number of carbonyl (C=O) groups is 1. The summed E-state index contributed by atoms with van der Waals surface area (Å²) in [5.74, 6) is 0.0683. The van der Waals surface area contributed by atoms with Crippen LogP contribution < -0.4 is 19.7 Å². The highest BCUT2D eigenvalue weighted by Crippen LogP contribution is 2.36. The minimum Gasteiger partial charge on any atom is -0.489 e. The fourth-order valence-corrected chi connectivity index (χ4v) is 5.84. The van der Waals surface area contributed by atoms with Crippen LogP contribution in [-0.2, 0) is 17.3 Å². The van der Waals surface area contributed by atoms with Gasteiger partial charge in [-0.15, -0.1) is 0 Å². The molecule has 0 radical (unpaired) electrons. The van der Waals surface area contributed by atoms with Crippen molar-refractivity contribution in [3.05, 3.63) is 71.9 Å². The SMILES string of the molecule is FC(F)C1CC1.O=C(NCc1cc2nc(N3CCOc4cccnc43)ccc2cn1)c1cc(F)c2c(c1)S(=O)C(F)CCO2. The van der Waals surface area contributed by atoms with Crippen molar-refractivity contribution < 1.29 is 36.0 Å². The zero-order valence-corrected chi connectivity index (χ0v) is 24.0. The Morgan fingerprint density at radius 2 is 1.93 bits per heavy atom. The van der Waals surface area contributed by atoms with Crippen molar-refractivity contribution in [2.45, 2.75) is 42.6 Å². The monoisotopic (exact) mass is 629 g/mol. The topological polar surface area (TPSA) is 107 Å². The predicted octanol–water partition coefficient (Wildman–Crippen LogP) is 5.47. The van der Waals surface area contributed by atoms with Crippen molar-refractivity contribution >= 4 is 39.2 Å². The van der Waals surface area contributed by atoms with Crippen molar-refractivity contribution in [2.24, 2.45) is 5.92 Å². The summed E-state index contributed by atoms with van der Waals surface area (Å²) in [6.45, 7) is 1.03. The van der Waals surface area contributed by atoms with Gasteiger partial charge in [-0.05, 0) is 55.3 Å². The highest BCUT2D eigenvalue weighted by Gasteiger charge is 2.31. The Morgan fingerprint density at radius 1 is 1.09 bits per heavy atom. The first kappa shape index (κ1) is 29.7. The maximum absolute atomic E-state index is 14.6. The van der Waals surface area contributed by atoms with Gasteiger partial charge in [0.05, 0.1) is 46.6 Å². The number of nitrogens with one attached hydrogen (secondary N) is 1. The first-order valence-corrected chi connectivity index (χ1v) is 15.2. The molecule has 2 atom stereocenters. The Hall–Kier alpha value is -4.33. The summed E-state index contributed by atoms with van der Waals surface area (Å²) in [6.07, 6.45) is 2.69. The van der Waals surface area contributed by atoms with Crippen LogP contribution in [-0.4, -0.2) is 56.8 Å². The number of benzene rings is 1. The van der Waals surface area contributed by atoms with E-state index in [0.29, 0.717) is 41.7 Å². The van der Waals surface area contributed by atoms with Gasteiger partial charge in [-0.25, -0.2) is 27.5 Å². The number of pyridine rings is 3. The number of anilines is 2. The standard InChI is InChI=1S/C26H21F2N5O4S.C4H6F2/c27-18-10-16(11-21-24(18)37-8-5-22(28)38(21)35)26(34)31-14-17-12-19-15(13-30-17)3-4-23(32-19)33-7-9-36-20-2-1-6-29-25(20)33;5-4(6)3-1-2-3/h1-4,6,10-13,22H,5,7-9,14H2,(H,31,34);3-4H,1-2H2. The summed E-state index contributed by atoms with van der Waals surface area (Å²) < 4.78 is 74.4. The van der Waals surface area contributed by atoms with E-state index in [1.165, 1.54) is 6.07 Å². The minimum atomic E-state index is -2.14. The summed E-state index contributed by atoms with van der Waals surface area (Å²) in [7, 11) is -2.14. The van der Waals surface area contributed by atoms with Gasteiger partial charge in [0, 0.05) is 35.7 Å². The van der Waals surface area contributed by atoms with Gasteiger partial charge in [0.2, 0.25) is 6.43 Å². The molecule has 1 fully saturated rings. The molecule has 7 rings (SSSR count). The van der Waals surface area contributed by atoms with Crippen molar-refractivity contribution in [1.29, 1.82) is 0 Å². The lowest BCUT2D eigenvalue weighted by atomic mass is 10.2. The van der Waals surface area contributed by atoms with Gasteiger partial charge in [0.15, 0.2) is 28.6 Å². The van der Waals surface area contributed by atoms with Gasteiger partial charge in [0.1, 0.15) is 12.4 Å². The summed E-state index contributed by atoms with van der Waals surface area (Å²) in [5, 5.41) is 3.49. The summed E-state index contributed by atoms with van der Waals surface area (Å²) in [4.78, 5) is 28.2. The second-order valence-electron chi connectivity index (χ2n) is 10.3. The molecule has 0 spiro atoms. The first-order chi connectivity index (χ1) is 21.3. The number of ether oxygens (including phenoxy) is 2. The van der Waals surface area contributed by atoms with Crippen LogP contribution in [0.25, 0.3) is 10.9 Å². The first-order valence-electron chi connectivity index (χ1n) is 14.0. The Balaban J connectivity index is 0.000000513. The second kappa shape index (κ2) is 12.7. The minimum absolute atomic E-state index is 0.0344. The molecule has 2 unspecified atom stereocenters. The van der Waals surface area contributed by atoms with Crippen molar-refractivity contribution in [1.82, 2.24) is 20.3 Å². The van der Waals surface area contributed by atoms with Crippen LogP contribution in [0.15, 0.2) is 59.8 Å². The third-order valence-electron chi connectivity index (χ3n) is 7.19. The summed E-state index contributed by atoms with van der Waals surface area (Å²) in [5.41, 5.74) is -0.591. The number of fused-ring (bicyclic) bond motifs is 3. The van der Waals surface area contributed by atoms with E-state index in [1.807, 2.05) is 29.2 Å². The van der Waals surface area contributed by atoms with Gasteiger partial charge in [0.25, 0.3) is 5.91 Å². The van der Waals surface area contributed by atoms with Crippen molar-refractivity contribution in [3.8, 4) is 11.5 Å². The third-order valence-corrected chi connectivity index (χ3v) is 8.63. The molecule has 44 heavy (non-hydrogen) atoms. The highest BCUT2D eigenvalue weighted by molar-refractivity contribution is 7.85. The molecule has 0 bridgehead atoms. The maximum Gasteiger partial charge on any atom is 0.251 e. The largest absolute Gasteiger partial charge is 0.489 e. The normalized spacial score (nSPS) is 19.1. The van der Waals surface area contributed by atoms with Crippen LogP contribution >= 0.6 is 0 Å². The van der Waals surface area contributed by atoms with Crippen LogP contribution in [0.1, 0.15) is 35.3 Å². The van der Waals surface area contributed by atoms with Gasteiger partial charge in [-0.2, -0.15) is 0 Å². The molecule has 3 aliphatic rings. The van der Waals surface area contributed by atoms with E-state index in [4.69, 9.17) is 14.5 Å². The van der Waals surface area contributed by atoms with Gasteiger partial charge < -0.3 is 19.7 Å². The fraction of sp³-hybridized carbons (Fsp3) is 0.333. The van der Waals surface area contributed by atoms with Gasteiger partial charge >= 0.3 is 0 Å². The van der Waals surface area contributed by atoms with Gasteiger partial charge in [-0.1, -0.05) is 0 Å². The lowest BCUT2D eigenvalue weighted by Gasteiger charge is -2.29. The number of nitrogens with zero attached hydrogens (tertiary/aromatic N) is 4. The van der Waals surface area contributed by atoms with Crippen LogP contribution in [0.5, 0.6) is 11.5 Å². The van der Waals surface area contributed by atoms with E-state index in [-0.39, 0.29) is 41.7 Å². The smallest absolute Gasteiger partial charge is 0.251 e. The zero-order chi connectivity index (χ0) is 30.8. The van der Waals surface area contributed by atoms with Crippen LogP contribution in [0, 0.1) is 11.7 Å². The van der Waals surface area contributed by atoms with E-state index < -0.39 is 34.5 Å². The molecule has 9 nitrogen and oxygen atoms in total. The molecule has 1 N–H and O–H groups in total. The lowest BCUT2D eigenvalue weighted by Crippen LogP contribution is -2.30. The van der Waals surface area contributed by atoms with E-state index in [1.54, 1.807) is 18.5 Å². The van der Waals surface area contributed by atoms with Crippen molar-refractivity contribution in [2.75, 3.05) is 24.7 Å². The Morgan fingerprint density at radius 3 is 2.70 bits per heavy atom. The number of hydrogen-bond donors (Lipinski definition) is 1. The molecule has 14 heteroatoms. The summed E-state index contributed by atoms with van der Waals surface area (Å²) in [6, 6.07) is 11.4. The molecule has 5 heterocycles. The molecule has 230 valence electrons. The average molecular weight is 630 g/mol.